The smallest absolute Gasteiger partial charge is 0.342 e. The molecule has 20 heavy (non-hydrogen) atoms. The molecule has 0 unspecified atom stereocenters. The van der Waals surface area contributed by atoms with E-state index in [0.717, 1.165) is 14.7 Å². The third-order valence-corrected chi connectivity index (χ3v) is 4.11. The molecule has 1 heterocycles. The first-order valence-electron chi connectivity index (χ1n) is 6.14. The summed E-state index contributed by atoms with van der Waals surface area (Å²) in [4.78, 5) is 12.3. The molecule has 0 atom stereocenters. The summed E-state index contributed by atoms with van der Waals surface area (Å²) in [5.74, 6) is -0.371. The predicted molar refractivity (Wildman–Crippen MR) is 92.1 cm³/mol. The Hall–Kier alpha value is -1.08. The Morgan fingerprint density at radius 2 is 1.85 bits per heavy atom. The van der Waals surface area contributed by atoms with Crippen molar-refractivity contribution in [2.24, 2.45) is 0 Å². The number of anilines is 1. The monoisotopic (exact) mass is 401 g/mol. The van der Waals surface area contributed by atoms with E-state index in [1.807, 2.05) is 50.4 Å². The molecular formula is C15H16INO2S. The molecule has 0 saturated heterocycles. The number of halogens is 1. The second-order valence-corrected chi connectivity index (χ2v) is 7.55. The van der Waals surface area contributed by atoms with Gasteiger partial charge in [0.25, 0.3) is 0 Å². The van der Waals surface area contributed by atoms with E-state index in [-0.39, 0.29) is 5.97 Å². The van der Waals surface area contributed by atoms with E-state index in [1.165, 1.54) is 11.3 Å². The lowest BCUT2D eigenvalue weighted by Crippen LogP contribution is -2.24. The van der Waals surface area contributed by atoms with Gasteiger partial charge in [0.2, 0.25) is 0 Å². The number of nitrogen functional groups attached to an aromatic ring is 1. The van der Waals surface area contributed by atoms with Crippen molar-refractivity contribution >= 4 is 44.9 Å². The van der Waals surface area contributed by atoms with Crippen LogP contribution in [0.4, 0.5) is 5.00 Å². The molecule has 2 N–H and O–H groups in total. The van der Waals surface area contributed by atoms with Crippen LogP contribution in [0.15, 0.2) is 29.6 Å². The molecule has 0 bridgehead atoms. The Balaban J connectivity index is 2.42. The number of rotatable bonds is 2. The van der Waals surface area contributed by atoms with Crippen LogP contribution in [0.1, 0.15) is 31.1 Å². The molecule has 1 aromatic carbocycles. The summed E-state index contributed by atoms with van der Waals surface area (Å²) >= 11 is 3.61. The zero-order valence-electron chi connectivity index (χ0n) is 11.6. The van der Waals surface area contributed by atoms with Crippen molar-refractivity contribution in [2.75, 3.05) is 5.73 Å². The second kappa shape index (κ2) is 5.73. The molecule has 2 aromatic rings. The largest absolute Gasteiger partial charge is 0.456 e. The van der Waals surface area contributed by atoms with Gasteiger partial charge in [0.05, 0.1) is 0 Å². The number of carbonyl (C=O) groups is 1. The highest BCUT2D eigenvalue weighted by Crippen LogP contribution is 2.35. The summed E-state index contributed by atoms with van der Waals surface area (Å²) in [6.07, 6.45) is 0. The fourth-order valence-electron chi connectivity index (χ4n) is 1.75. The molecule has 0 spiro atoms. The first kappa shape index (κ1) is 15.3. The molecule has 5 heteroatoms. The lowest BCUT2D eigenvalue weighted by atomic mass is 10.0. The number of ether oxygens (including phenoxy) is 1. The molecule has 0 radical (unpaired) electrons. The minimum atomic E-state index is -0.533. The van der Waals surface area contributed by atoms with Gasteiger partial charge in [0.15, 0.2) is 0 Å². The van der Waals surface area contributed by atoms with E-state index in [2.05, 4.69) is 22.6 Å². The normalized spacial score (nSPS) is 11.4. The van der Waals surface area contributed by atoms with Crippen molar-refractivity contribution < 1.29 is 9.53 Å². The molecule has 3 nitrogen and oxygen atoms in total. The summed E-state index contributed by atoms with van der Waals surface area (Å²) in [5.41, 5.74) is 7.68. The molecule has 0 saturated carbocycles. The second-order valence-electron chi connectivity index (χ2n) is 5.40. The maximum absolute atomic E-state index is 12.3. The molecule has 0 aliphatic rings. The first-order chi connectivity index (χ1) is 9.28. The Bertz CT molecular complexity index is 626. The topological polar surface area (TPSA) is 52.3 Å². The zero-order chi connectivity index (χ0) is 14.9. The van der Waals surface area contributed by atoms with Crippen molar-refractivity contribution in [1.29, 1.82) is 0 Å². The van der Waals surface area contributed by atoms with Gasteiger partial charge in [-0.25, -0.2) is 4.79 Å². The van der Waals surface area contributed by atoms with Crippen LogP contribution in [0.2, 0.25) is 0 Å². The highest BCUT2D eigenvalue weighted by Gasteiger charge is 2.24. The predicted octanol–water partition coefficient (Wildman–Crippen LogP) is 4.56. The van der Waals surface area contributed by atoms with Gasteiger partial charge in [-0.15, -0.1) is 11.3 Å². The molecular weight excluding hydrogens is 385 g/mol. The number of carbonyl (C=O) groups excluding carboxylic acids is 1. The Morgan fingerprint density at radius 1 is 1.25 bits per heavy atom. The van der Waals surface area contributed by atoms with Crippen LogP contribution in [0, 0.1) is 3.57 Å². The van der Waals surface area contributed by atoms with Crippen LogP contribution in [0.5, 0.6) is 0 Å². The van der Waals surface area contributed by atoms with Crippen LogP contribution < -0.4 is 5.73 Å². The van der Waals surface area contributed by atoms with E-state index in [0.29, 0.717) is 10.6 Å². The van der Waals surface area contributed by atoms with Crippen LogP contribution in [-0.4, -0.2) is 11.6 Å². The highest BCUT2D eigenvalue weighted by molar-refractivity contribution is 14.1. The maximum Gasteiger partial charge on any atom is 0.342 e. The summed E-state index contributed by atoms with van der Waals surface area (Å²) < 4.78 is 6.58. The van der Waals surface area contributed by atoms with Crippen molar-refractivity contribution in [1.82, 2.24) is 0 Å². The van der Waals surface area contributed by atoms with Crippen molar-refractivity contribution in [2.45, 2.75) is 26.4 Å². The highest BCUT2D eigenvalue weighted by atomic mass is 127. The Labute approximate surface area is 136 Å². The van der Waals surface area contributed by atoms with E-state index in [9.17, 15) is 4.79 Å². The molecule has 0 amide bonds. The number of hydrogen-bond donors (Lipinski definition) is 1. The molecule has 0 aliphatic heterocycles. The van der Waals surface area contributed by atoms with E-state index in [4.69, 9.17) is 10.5 Å². The summed E-state index contributed by atoms with van der Waals surface area (Å²) in [7, 11) is 0. The van der Waals surface area contributed by atoms with Crippen LogP contribution in [0.25, 0.3) is 11.1 Å². The Morgan fingerprint density at radius 3 is 2.40 bits per heavy atom. The van der Waals surface area contributed by atoms with Gasteiger partial charge in [-0.2, -0.15) is 0 Å². The van der Waals surface area contributed by atoms with Crippen LogP contribution in [-0.2, 0) is 4.74 Å². The van der Waals surface area contributed by atoms with E-state index in [1.54, 1.807) is 0 Å². The molecule has 106 valence electrons. The Kier molecular flexibility index (Phi) is 4.39. The molecule has 1 aromatic heterocycles. The summed E-state index contributed by atoms with van der Waals surface area (Å²) in [5, 5.41) is 2.39. The van der Waals surface area contributed by atoms with Crippen molar-refractivity contribution in [3.05, 3.63) is 38.8 Å². The van der Waals surface area contributed by atoms with Gasteiger partial charge in [0, 0.05) is 14.5 Å². The van der Waals surface area contributed by atoms with Crippen LogP contribution >= 0.6 is 33.9 Å². The number of thiophene rings is 1. The first-order valence-corrected chi connectivity index (χ1v) is 8.10. The standard InChI is InChI=1S/C15H16INO2S/c1-15(2,3)19-14(18)12-11(8-20-13(12)17)9-4-6-10(16)7-5-9/h4-8H,17H2,1-3H3. The van der Waals surface area contributed by atoms with Gasteiger partial charge < -0.3 is 10.5 Å². The summed E-state index contributed by atoms with van der Waals surface area (Å²) in [6.45, 7) is 5.54. The molecule has 0 fully saturated rings. The SMILES string of the molecule is CC(C)(C)OC(=O)c1c(-c2ccc(I)cc2)csc1N. The number of nitrogens with two attached hydrogens (primary N) is 1. The average Bonchev–Trinajstić information content (AvgIpc) is 2.70. The third-order valence-electron chi connectivity index (χ3n) is 2.58. The van der Waals surface area contributed by atoms with Crippen LogP contribution in [0.3, 0.4) is 0 Å². The lowest BCUT2D eigenvalue weighted by Gasteiger charge is -2.20. The van der Waals surface area contributed by atoms with Crippen molar-refractivity contribution in [3.8, 4) is 11.1 Å². The fourth-order valence-corrected chi connectivity index (χ4v) is 2.92. The molecule has 0 aliphatic carbocycles. The summed E-state index contributed by atoms with van der Waals surface area (Å²) in [6, 6.07) is 7.97. The fraction of sp³-hybridized carbons (Fsp3) is 0.267. The molecule has 2 rings (SSSR count). The quantitative estimate of drug-likeness (QED) is 0.593. The van der Waals surface area contributed by atoms with Gasteiger partial charge in [-0.1, -0.05) is 12.1 Å². The van der Waals surface area contributed by atoms with Gasteiger partial charge in [-0.05, 0) is 61.1 Å². The van der Waals surface area contributed by atoms with Gasteiger partial charge >= 0.3 is 5.97 Å². The number of esters is 1. The zero-order valence-corrected chi connectivity index (χ0v) is 14.5. The van der Waals surface area contributed by atoms with E-state index >= 15 is 0 Å². The third kappa shape index (κ3) is 3.52. The van der Waals surface area contributed by atoms with Gasteiger partial charge in [0.1, 0.15) is 16.2 Å². The van der Waals surface area contributed by atoms with Gasteiger partial charge in [-0.3, -0.25) is 0 Å². The average molecular weight is 401 g/mol. The lowest BCUT2D eigenvalue weighted by molar-refractivity contribution is 0.00722. The minimum Gasteiger partial charge on any atom is -0.456 e. The van der Waals surface area contributed by atoms with E-state index < -0.39 is 5.60 Å². The van der Waals surface area contributed by atoms with Crippen molar-refractivity contribution in [3.63, 3.8) is 0 Å². The minimum absolute atomic E-state index is 0.371. The number of benzene rings is 1. The maximum atomic E-state index is 12.3. The number of hydrogen-bond acceptors (Lipinski definition) is 4.